The SMILES string of the molecule is Cc1c(C2CCCC2(C)C)nn(-c2ccccc2)c1N. The maximum Gasteiger partial charge on any atom is 0.130 e. The largest absolute Gasteiger partial charge is 0.383 e. The first-order valence-electron chi connectivity index (χ1n) is 7.41. The van der Waals surface area contributed by atoms with Crippen molar-refractivity contribution in [1.82, 2.24) is 9.78 Å². The number of nitrogen functional groups attached to an aromatic ring is 1. The molecule has 1 aromatic carbocycles. The van der Waals surface area contributed by atoms with E-state index in [1.165, 1.54) is 25.0 Å². The Bertz CT molecular complexity index is 611. The first-order valence-corrected chi connectivity index (χ1v) is 7.41. The Balaban J connectivity index is 2.07. The molecule has 1 unspecified atom stereocenters. The third kappa shape index (κ3) is 2.01. The number of para-hydroxylation sites is 1. The van der Waals surface area contributed by atoms with Crippen molar-refractivity contribution < 1.29 is 0 Å². The van der Waals surface area contributed by atoms with Gasteiger partial charge in [-0.15, -0.1) is 0 Å². The predicted octanol–water partition coefficient (Wildman–Crippen LogP) is 4.06. The molecule has 2 N–H and O–H groups in total. The third-order valence-electron chi connectivity index (χ3n) is 4.79. The molecule has 1 aliphatic carbocycles. The lowest BCUT2D eigenvalue weighted by Gasteiger charge is -2.25. The van der Waals surface area contributed by atoms with Crippen molar-refractivity contribution in [2.45, 2.75) is 46.0 Å². The van der Waals surface area contributed by atoms with Crippen LogP contribution < -0.4 is 5.73 Å². The summed E-state index contributed by atoms with van der Waals surface area (Å²) in [6, 6.07) is 10.1. The minimum absolute atomic E-state index is 0.326. The molecule has 2 aromatic rings. The van der Waals surface area contributed by atoms with Crippen molar-refractivity contribution in [3.8, 4) is 5.69 Å². The molecular weight excluding hydrogens is 246 g/mol. The van der Waals surface area contributed by atoms with Crippen LogP contribution in [0.3, 0.4) is 0 Å². The van der Waals surface area contributed by atoms with Crippen molar-refractivity contribution >= 4 is 5.82 Å². The van der Waals surface area contributed by atoms with Gasteiger partial charge < -0.3 is 5.73 Å². The van der Waals surface area contributed by atoms with Gasteiger partial charge in [-0.05, 0) is 37.3 Å². The summed E-state index contributed by atoms with van der Waals surface area (Å²) in [6.07, 6.45) is 3.78. The molecule has 3 rings (SSSR count). The van der Waals surface area contributed by atoms with Gasteiger partial charge in [0.1, 0.15) is 5.82 Å². The summed E-state index contributed by atoms with van der Waals surface area (Å²) in [5.74, 6) is 1.30. The lowest BCUT2D eigenvalue weighted by Crippen LogP contribution is -2.16. The molecule has 0 radical (unpaired) electrons. The molecule has 0 saturated heterocycles. The van der Waals surface area contributed by atoms with Gasteiger partial charge in [0.25, 0.3) is 0 Å². The highest BCUT2D eigenvalue weighted by Crippen LogP contribution is 2.49. The van der Waals surface area contributed by atoms with Crippen molar-refractivity contribution in [3.63, 3.8) is 0 Å². The van der Waals surface area contributed by atoms with Crippen LogP contribution >= 0.6 is 0 Å². The van der Waals surface area contributed by atoms with Crippen LogP contribution in [0.1, 0.15) is 50.3 Å². The molecule has 1 saturated carbocycles. The normalized spacial score (nSPS) is 21.2. The summed E-state index contributed by atoms with van der Waals surface area (Å²) in [4.78, 5) is 0. The smallest absolute Gasteiger partial charge is 0.130 e. The Morgan fingerprint density at radius 3 is 2.55 bits per heavy atom. The molecule has 0 aliphatic heterocycles. The molecule has 3 nitrogen and oxygen atoms in total. The predicted molar refractivity (Wildman–Crippen MR) is 83.1 cm³/mol. The molecule has 1 aromatic heterocycles. The van der Waals surface area contributed by atoms with E-state index in [1.807, 2.05) is 35.0 Å². The van der Waals surface area contributed by atoms with E-state index in [2.05, 4.69) is 20.8 Å². The summed E-state index contributed by atoms with van der Waals surface area (Å²) in [5.41, 5.74) is 9.99. The van der Waals surface area contributed by atoms with Crippen LogP contribution in [-0.2, 0) is 0 Å². The van der Waals surface area contributed by atoms with Crippen LogP contribution in [0, 0.1) is 12.3 Å². The minimum Gasteiger partial charge on any atom is -0.383 e. The topological polar surface area (TPSA) is 43.8 Å². The van der Waals surface area contributed by atoms with Gasteiger partial charge in [0.2, 0.25) is 0 Å². The zero-order chi connectivity index (χ0) is 14.3. The molecule has 0 amide bonds. The number of nitrogens with zero attached hydrogens (tertiary/aromatic N) is 2. The highest BCUT2D eigenvalue weighted by molar-refractivity contribution is 5.50. The maximum atomic E-state index is 6.29. The summed E-state index contributed by atoms with van der Waals surface area (Å²) < 4.78 is 1.89. The van der Waals surface area contributed by atoms with Gasteiger partial charge in [-0.3, -0.25) is 0 Å². The molecule has 0 bridgehead atoms. The lowest BCUT2D eigenvalue weighted by molar-refractivity contribution is 0.326. The molecule has 1 aliphatic rings. The molecule has 1 fully saturated rings. The van der Waals surface area contributed by atoms with E-state index in [0.29, 0.717) is 11.3 Å². The van der Waals surface area contributed by atoms with Crippen LogP contribution in [0.15, 0.2) is 30.3 Å². The Hall–Kier alpha value is -1.77. The first-order chi connectivity index (χ1) is 9.50. The molecule has 20 heavy (non-hydrogen) atoms. The summed E-state index contributed by atoms with van der Waals surface area (Å²) in [7, 11) is 0. The van der Waals surface area contributed by atoms with E-state index in [9.17, 15) is 0 Å². The molecule has 0 spiro atoms. The van der Waals surface area contributed by atoms with Crippen molar-refractivity contribution in [2.24, 2.45) is 5.41 Å². The zero-order valence-electron chi connectivity index (χ0n) is 12.6. The number of nitrogens with two attached hydrogens (primary N) is 1. The van der Waals surface area contributed by atoms with Gasteiger partial charge >= 0.3 is 0 Å². The van der Waals surface area contributed by atoms with E-state index in [1.54, 1.807) is 0 Å². The Morgan fingerprint density at radius 2 is 1.95 bits per heavy atom. The van der Waals surface area contributed by atoms with Crippen LogP contribution in [0.5, 0.6) is 0 Å². The van der Waals surface area contributed by atoms with E-state index < -0.39 is 0 Å². The van der Waals surface area contributed by atoms with Crippen molar-refractivity contribution in [3.05, 3.63) is 41.6 Å². The average molecular weight is 269 g/mol. The van der Waals surface area contributed by atoms with Crippen LogP contribution in [0.4, 0.5) is 5.82 Å². The number of hydrogen-bond donors (Lipinski definition) is 1. The van der Waals surface area contributed by atoms with Crippen molar-refractivity contribution in [1.29, 1.82) is 0 Å². The van der Waals surface area contributed by atoms with Gasteiger partial charge in [0.05, 0.1) is 11.4 Å². The highest BCUT2D eigenvalue weighted by Gasteiger charge is 2.38. The highest BCUT2D eigenvalue weighted by atomic mass is 15.3. The van der Waals surface area contributed by atoms with Crippen LogP contribution in [0.2, 0.25) is 0 Å². The summed E-state index contributed by atoms with van der Waals surface area (Å²) in [6.45, 7) is 6.80. The van der Waals surface area contributed by atoms with Gasteiger partial charge in [-0.1, -0.05) is 38.5 Å². The number of benzene rings is 1. The maximum absolute atomic E-state index is 6.29. The quantitative estimate of drug-likeness (QED) is 0.893. The minimum atomic E-state index is 0.326. The standard InChI is InChI=1S/C17H23N3/c1-12-15(14-10-7-11-17(14,2)3)19-20(16(12)18)13-8-5-4-6-9-13/h4-6,8-9,14H,7,10-11,18H2,1-3H3. The average Bonchev–Trinajstić information content (AvgIpc) is 2.92. The van der Waals surface area contributed by atoms with Gasteiger partial charge in [0.15, 0.2) is 0 Å². The summed E-state index contributed by atoms with van der Waals surface area (Å²) in [5, 5.41) is 4.85. The fraction of sp³-hybridized carbons (Fsp3) is 0.471. The second kappa shape index (κ2) is 4.65. The van der Waals surface area contributed by atoms with Crippen LogP contribution in [0.25, 0.3) is 5.69 Å². The monoisotopic (exact) mass is 269 g/mol. The molecular formula is C17H23N3. The van der Waals surface area contributed by atoms with Gasteiger partial charge in [-0.2, -0.15) is 5.10 Å². The molecule has 106 valence electrons. The number of rotatable bonds is 2. The second-order valence-corrected chi connectivity index (χ2v) is 6.58. The first kappa shape index (κ1) is 13.2. The van der Waals surface area contributed by atoms with Crippen molar-refractivity contribution in [2.75, 3.05) is 5.73 Å². The molecule has 3 heteroatoms. The Labute approximate surface area is 120 Å². The Morgan fingerprint density at radius 1 is 1.25 bits per heavy atom. The van der Waals surface area contributed by atoms with E-state index in [0.717, 1.165) is 17.1 Å². The molecule has 1 heterocycles. The van der Waals surface area contributed by atoms with Crippen LogP contribution in [-0.4, -0.2) is 9.78 Å². The van der Waals surface area contributed by atoms with E-state index >= 15 is 0 Å². The van der Waals surface area contributed by atoms with Gasteiger partial charge in [-0.25, -0.2) is 4.68 Å². The third-order valence-corrected chi connectivity index (χ3v) is 4.79. The molecule has 1 atom stereocenters. The lowest BCUT2D eigenvalue weighted by atomic mass is 9.79. The van der Waals surface area contributed by atoms with E-state index in [4.69, 9.17) is 10.8 Å². The van der Waals surface area contributed by atoms with Gasteiger partial charge in [0, 0.05) is 11.5 Å². The fourth-order valence-corrected chi connectivity index (χ4v) is 3.46. The summed E-state index contributed by atoms with van der Waals surface area (Å²) >= 11 is 0. The fourth-order valence-electron chi connectivity index (χ4n) is 3.46. The van der Waals surface area contributed by atoms with E-state index in [-0.39, 0.29) is 0 Å². The number of anilines is 1. The number of aromatic nitrogens is 2. The zero-order valence-corrected chi connectivity index (χ0v) is 12.6. The second-order valence-electron chi connectivity index (χ2n) is 6.58. The number of hydrogen-bond acceptors (Lipinski definition) is 2. The Kier molecular flexibility index (Phi) is 3.08.